The van der Waals surface area contributed by atoms with E-state index in [9.17, 15) is 13.2 Å². The smallest absolute Gasteiger partial charge is 0.221 e. The number of rotatable bonds is 7. The first-order valence-corrected chi connectivity index (χ1v) is 11.8. The number of sulfone groups is 1. The highest BCUT2D eigenvalue weighted by atomic mass is 35.5. The summed E-state index contributed by atoms with van der Waals surface area (Å²) in [4.78, 5) is 12.5. The molecule has 29 heavy (non-hydrogen) atoms. The van der Waals surface area contributed by atoms with E-state index in [0.29, 0.717) is 24.9 Å². The van der Waals surface area contributed by atoms with E-state index in [0.717, 1.165) is 19.3 Å². The zero-order valence-electron chi connectivity index (χ0n) is 16.3. The van der Waals surface area contributed by atoms with Crippen molar-refractivity contribution in [3.63, 3.8) is 0 Å². The second-order valence-electron chi connectivity index (χ2n) is 8.00. The Bertz CT molecular complexity index is 1000. The maximum Gasteiger partial charge on any atom is 0.221 e. The first-order chi connectivity index (χ1) is 13.8. The normalized spacial score (nSPS) is 23.1. The van der Waals surface area contributed by atoms with E-state index in [1.807, 2.05) is 7.05 Å². The third-order valence-electron chi connectivity index (χ3n) is 6.00. The largest absolute Gasteiger partial charge is 0.338 e. The predicted octanol–water partition coefficient (Wildman–Crippen LogP) is 2.68. The Morgan fingerprint density at radius 2 is 2.14 bits per heavy atom. The summed E-state index contributed by atoms with van der Waals surface area (Å²) < 4.78 is 27.9. The molecule has 1 heterocycles. The van der Waals surface area contributed by atoms with Gasteiger partial charge in [0.2, 0.25) is 5.91 Å². The van der Waals surface area contributed by atoms with E-state index in [2.05, 4.69) is 15.7 Å². The number of nitrogens with one attached hydrogen (secondary N) is 2. The highest BCUT2D eigenvalue weighted by Gasteiger charge is 2.43. The van der Waals surface area contributed by atoms with Crippen molar-refractivity contribution in [3.8, 4) is 5.69 Å². The first kappa shape index (κ1) is 20.4. The second kappa shape index (κ2) is 7.74. The molecule has 156 valence electrons. The van der Waals surface area contributed by atoms with Crippen molar-refractivity contribution in [2.24, 2.45) is 5.92 Å². The van der Waals surface area contributed by atoms with Crippen LogP contribution in [0.3, 0.4) is 0 Å². The second-order valence-corrected chi connectivity index (χ2v) is 10.6. The van der Waals surface area contributed by atoms with Gasteiger partial charge < -0.3 is 5.32 Å². The van der Waals surface area contributed by atoms with Crippen molar-refractivity contribution >= 4 is 27.3 Å². The van der Waals surface area contributed by atoms with Crippen LogP contribution in [0.25, 0.3) is 5.69 Å². The molecule has 0 bridgehead atoms. The molecule has 7 nitrogen and oxygen atoms in total. The van der Waals surface area contributed by atoms with Crippen LogP contribution >= 0.6 is 11.6 Å². The van der Waals surface area contributed by atoms with Gasteiger partial charge in [0.1, 0.15) is 0 Å². The predicted molar refractivity (Wildman–Crippen MR) is 111 cm³/mol. The maximum atomic E-state index is 13.2. The van der Waals surface area contributed by atoms with Gasteiger partial charge in [-0.3, -0.25) is 10.1 Å². The number of hydrogen-bond donors (Lipinski definition) is 2. The van der Waals surface area contributed by atoms with E-state index in [-0.39, 0.29) is 27.4 Å². The minimum absolute atomic E-state index is 0.0125. The number of benzene rings is 1. The first-order valence-electron chi connectivity index (χ1n) is 9.86. The fourth-order valence-electron chi connectivity index (χ4n) is 4.10. The number of hydrogen-bond acceptors (Lipinski definition) is 5. The van der Waals surface area contributed by atoms with Crippen molar-refractivity contribution in [2.45, 2.75) is 54.3 Å². The van der Waals surface area contributed by atoms with Crippen molar-refractivity contribution in [1.82, 2.24) is 20.4 Å². The zero-order chi connectivity index (χ0) is 20.6. The summed E-state index contributed by atoms with van der Waals surface area (Å²) in [6, 6.07) is 6.67. The van der Waals surface area contributed by atoms with Crippen LogP contribution in [0.15, 0.2) is 41.6 Å². The molecule has 2 N–H and O–H groups in total. The highest BCUT2D eigenvalue weighted by molar-refractivity contribution is 7.92. The van der Waals surface area contributed by atoms with Crippen LogP contribution < -0.4 is 10.6 Å². The van der Waals surface area contributed by atoms with Crippen LogP contribution in [-0.4, -0.2) is 42.1 Å². The van der Waals surface area contributed by atoms with Crippen molar-refractivity contribution in [1.29, 1.82) is 0 Å². The Balaban J connectivity index is 1.42. The van der Waals surface area contributed by atoms with Crippen LogP contribution in [0.2, 0.25) is 5.02 Å². The van der Waals surface area contributed by atoms with Crippen LogP contribution in [0.5, 0.6) is 0 Å². The maximum absolute atomic E-state index is 13.2. The quantitative estimate of drug-likeness (QED) is 0.651. The van der Waals surface area contributed by atoms with Gasteiger partial charge in [0.05, 0.1) is 26.5 Å². The average Bonchev–Trinajstić information content (AvgIpc) is 3.09. The third kappa shape index (κ3) is 4.20. The number of carbonyl (C=O) groups is 1. The summed E-state index contributed by atoms with van der Waals surface area (Å²) in [5, 5.41) is 9.99. The molecule has 4 rings (SSSR count). The molecule has 2 atom stereocenters. The van der Waals surface area contributed by atoms with Crippen LogP contribution in [-0.2, 0) is 14.6 Å². The fourth-order valence-corrected chi connectivity index (χ4v) is 6.52. The Kier molecular flexibility index (Phi) is 5.44. The summed E-state index contributed by atoms with van der Waals surface area (Å²) in [6.45, 7) is 0. The summed E-state index contributed by atoms with van der Waals surface area (Å²) in [7, 11) is -1.72. The summed E-state index contributed by atoms with van der Waals surface area (Å²) in [5.74, 6) is 0.0612. The third-order valence-corrected chi connectivity index (χ3v) is 8.70. The highest BCUT2D eigenvalue weighted by Crippen LogP contribution is 2.38. The molecule has 1 aromatic carbocycles. The molecule has 0 radical (unpaired) electrons. The fraction of sp³-hybridized carbons (Fsp3) is 0.500. The lowest BCUT2D eigenvalue weighted by Gasteiger charge is -2.18. The van der Waals surface area contributed by atoms with Crippen LogP contribution in [0.1, 0.15) is 38.5 Å². The van der Waals surface area contributed by atoms with Crippen molar-refractivity contribution in [2.75, 3.05) is 7.05 Å². The summed E-state index contributed by atoms with van der Waals surface area (Å²) in [6.07, 6.45) is 7.41. The Morgan fingerprint density at radius 3 is 2.76 bits per heavy atom. The van der Waals surface area contributed by atoms with Gasteiger partial charge in [-0.15, -0.1) is 0 Å². The van der Waals surface area contributed by atoms with Gasteiger partial charge in [-0.25, -0.2) is 13.1 Å². The van der Waals surface area contributed by atoms with E-state index >= 15 is 0 Å². The van der Waals surface area contributed by atoms with Crippen molar-refractivity contribution < 1.29 is 13.2 Å². The van der Waals surface area contributed by atoms with Gasteiger partial charge in [0.15, 0.2) is 9.84 Å². The minimum Gasteiger partial charge on any atom is -0.338 e. The standard InChI is InChI=1S/C20H25ClN4O3S/c1-22-20(7-8-20)24-19(26)12-14-3-5-16(11-14)29(27,28)18-6-4-15(13-17(18)21)25-10-2-9-23-25/h2,4,6,9-10,13-14,16,22H,3,5,7-8,11-12H2,1H3,(H,24,26). The summed E-state index contributed by atoms with van der Waals surface area (Å²) in [5.41, 5.74) is 0.462. The number of nitrogens with zero attached hydrogens (tertiary/aromatic N) is 2. The lowest BCUT2D eigenvalue weighted by atomic mass is 10.0. The average molecular weight is 437 g/mol. The van der Waals surface area contributed by atoms with Gasteiger partial charge in [-0.1, -0.05) is 11.6 Å². The van der Waals surface area contributed by atoms with Gasteiger partial charge in [-0.2, -0.15) is 5.10 Å². The minimum atomic E-state index is -3.56. The molecule has 1 amide bonds. The molecule has 0 saturated heterocycles. The van der Waals surface area contributed by atoms with Gasteiger partial charge in [0, 0.05) is 18.8 Å². The molecule has 9 heteroatoms. The van der Waals surface area contributed by atoms with E-state index in [1.165, 1.54) is 0 Å². The van der Waals surface area contributed by atoms with Gasteiger partial charge >= 0.3 is 0 Å². The SMILES string of the molecule is CNC1(NC(=O)CC2CCC(S(=O)(=O)c3ccc(-n4cccn4)cc3Cl)C2)CC1. The molecule has 1 aromatic heterocycles. The zero-order valence-corrected chi connectivity index (χ0v) is 17.8. The Hall–Kier alpha value is -1.90. The monoisotopic (exact) mass is 436 g/mol. The topological polar surface area (TPSA) is 93.1 Å². The van der Waals surface area contributed by atoms with E-state index in [1.54, 1.807) is 41.3 Å². The number of amides is 1. The lowest BCUT2D eigenvalue weighted by Crippen LogP contribution is -2.46. The Labute approximate surface area is 175 Å². The molecular formula is C20H25ClN4O3S. The summed E-state index contributed by atoms with van der Waals surface area (Å²) >= 11 is 6.33. The molecule has 0 aliphatic heterocycles. The molecule has 2 aliphatic carbocycles. The number of carbonyl (C=O) groups excluding carboxylic acids is 1. The van der Waals surface area contributed by atoms with Crippen LogP contribution in [0, 0.1) is 5.92 Å². The molecule has 2 fully saturated rings. The molecule has 2 aromatic rings. The van der Waals surface area contributed by atoms with E-state index < -0.39 is 15.1 Å². The van der Waals surface area contributed by atoms with Crippen LogP contribution in [0.4, 0.5) is 0 Å². The molecule has 2 saturated carbocycles. The molecule has 2 unspecified atom stereocenters. The lowest BCUT2D eigenvalue weighted by molar-refractivity contribution is -0.123. The molecule has 2 aliphatic rings. The van der Waals surface area contributed by atoms with E-state index in [4.69, 9.17) is 11.6 Å². The van der Waals surface area contributed by atoms with Gasteiger partial charge in [0.25, 0.3) is 0 Å². The number of aromatic nitrogens is 2. The number of halogens is 1. The Morgan fingerprint density at radius 1 is 1.34 bits per heavy atom. The molecular weight excluding hydrogens is 412 g/mol. The van der Waals surface area contributed by atoms with Crippen molar-refractivity contribution in [3.05, 3.63) is 41.7 Å². The van der Waals surface area contributed by atoms with Gasteiger partial charge in [-0.05, 0) is 69.3 Å². The molecule has 0 spiro atoms.